The lowest BCUT2D eigenvalue weighted by atomic mass is 10.1. The second-order valence-electron chi connectivity index (χ2n) is 7.37. The van der Waals surface area contributed by atoms with Crippen molar-refractivity contribution < 1.29 is 28.3 Å². The van der Waals surface area contributed by atoms with Crippen molar-refractivity contribution in [3.05, 3.63) is 94.8 Å². The SMILES string of the molecule is CO/N=C(\COc1ccc(COc2ccc(CCC(=O)ON)c(F)c2)cc1)c1ccc(C#N)cc1. The van der Waals surface area contributed by atoms with Crippen molar-refractivity contribution in [3.8, 4) is 17.6 Å². The molecule has 9 heteroatoms. The van der Waals surface area contributed by atoms with Crippen LogP contribution in [-0.4, -0.2) is 25.4 Å². The molecule has 3 aromatic rings. The number of hydrogen-bond acceptors (Lipinski definition) is 8. The third kappa shape index (κ3) is 7.55. The average molecular weight is 477 g/mol. The zero-order chi connectivity index (χ0) is 25.0. The summed E-state index contributed by atoms with van der Waals surface area (Å²) in [6.45, 7) is 0.407. The summed E-state index contributed by atoms with van der Waals surface area (Å²) < 4.78 is 25.7. The van der Waals surface area contributed by atoms with Crippen LogP contribution in [0.2, 0.25) is 0 Å². The van der Waals surface area contributed by atoms with E-state index in [2.05, 4.69) is 16.1 Å². The lowest BCUT2D eigenvalue weighted by molar-refractivity contribution is -0.144. The van der Waals surface area contributed by atoms with Crippen LogP contribution in [0.5, 0.6) is 11.5 Å². The topological polar surface area (TPSA) is 116 Å². The van der Waals surface area contributed by atoms with E-state index in [1.54, 1.807) is 48.5 Å². The number of halogens is 1. The largest absolute Gasteiger partial charge is 0.489 e. The van der Waals surface area contributed by atoms with E-state index in [0.29, 0.717) is 28.3 Å². The van der Waals surface area contributed by atoms with Gasteiger partial charge in [-0.15, -0.1) is 0 Å². The van der Waals surface area contributed by atoms with Gasteiger partial charge in [0.1, 0.15) is 43.4 Å². The molecule has 0 fully saturated rings. The molecule has 180 valence electrons. The molecule has 0 atom stereocenters. The first-order valence-electron chi connectivity index (χ1n) is 10.7. The van der Waals surface area contributed by atoms with E-state index in [-0.39, 0.29) is 26.1 Å². The van der Waals surface area contributed by atoms with E-state index in [1.165, 1.54) is 13.2 Å². The van der Waals surface area contributed by atoms with Crippen LogP contribution in [0.25, 0.3) is 0 Å². The maximum absolute atomic E-state index is 14.2. The molecule has 8 nitrogen and oxygen atoms in total. The number of nitriles is 1. The Morgan fingerprint density at radius 2 is 1.74 bits per heavy atom. The molecule has 0 bridgehead atoms. The summed E-state index contributed by atoms with van der Waals surface area (Å²) >= 11 is 0. The molecule has 0 aromatic heterocycles. The van der Waals surface area contributed by atoms with Crippen molar-refractivity contribution in [3.63, 3.8) is 0 Å². The Bertz CT molecular complexity index is 1210. The van der Waals surface area contributed by atoms with E-state index < -0.39 is 11.8 Å². The van der Waals surface area contributed by atoms with E-state index in [1.807, 2.05) is 12.1 Å². The normalized spacial score (nSPS) is 10.9. The summed E-state index contributed by atoms with van der Waals surface area (Å²) in [6, 6.07) is 20.8. The van der Waals surface area contributed by atoms with Crippen molar-refractivity contribution in [1.29, 1.82) is 5.26 Å². The van der Waals surface area contributed by atoms with Gasteiger partial charge in [-0.3, -0.25) is 4.79 Å². The van der Waals surface area contributed by atoms with Gasteiger partial charge >= 0.3 is 5.97 Å². The van der Waals surface area contributed by atoms with Gasteiger partial charge in [-0.05, 0) is 47.9 Å². The monoisotopic (exact) mass is 477 g/mol. The van der Waals surface area contributed by atoms with Gasteiger partial charge in [0.05, 0.1) is 18.1 Å². The molecule has 0 aliphatic rings. The lowest BCUT2D eigenvalue weighted by Gasteiger charge is -2.11. The van der Waals surface area contributed by atoms with Crippen molar-refractivity contribution >= 4 is 11.7 Å². The number of aryl methyl sites for hydroxylation is 1. The van der Waals surface area contributed by atoms with E-state index in [4.69, 9.17) is 25.5 Å². The molecule has 0 radical (unpaired) electrons. The first-order valence-corrected chi connectivity index (χ1v) is 10.7. The Morgan fingerprint density at radius 1 is 1.03 bits per heavy atom. The second kappa shape index (κ2) is 12.7. The Labute approximate surface area is 202 Å². The number of oxime groups is 1. The molecule has 0 aliphatic carbocycles. The molecule has 0 aliphatic heterocycles. The van der Waals surface area contributed by atoms with Gasteiger partial charge in [-0.25, -0.2) is 4.39 Å². The average Bonchev–Trinajstić information content (AvgIpc) is 2.89. The number of rotatable bonds is 11. The fraction of sp³-hybridized carbons (Fsp3) is 0.192. The molecule has 0 heterocycles. The molecule has 3 rings (SSSR count). The van der Waals surface area contributed by atoms with E-state index >= 15 is 0 Å². The molecule has 0 amide bonds. The molecular formula is C26H24FN3O5. The van der Waals surface area contributed by atoms with Crippen LogP contribution in [0, 0.1) is 17.1 Å². The van der Waals surface area contributed by atoms with Crippen LogP contribution in [0.15, 0.2) is 71.9 Å². The van der Waals surface area contributed by atoms with E-state index in [9.17, 15) is 9.18 Å². The lowest BCUT2D eigenvalue weighted by Crippen LogP contribution is -2.13. The van der Waals surface area contributed by atoms with E-state index in [0.717, 1.165) is 11.1 Å². The Kier molecular flexibility index (Phi) is 9.16. The summed E-state index contributed by atoms with van der Waals surface area (Å²) in [5.74, 6) is 4.71. The van der Waals surface area contributed by atoms with Crippen LogP contribution in [0.1, 0.15) is 28.7 Å². The number of nitrogens with zero attached hydrogens (tertiary/aromatic N) is 2. The molecular weight excluding hydrogens is 453 g/mol. The molecule has 35 heavy (non-hydrogen) atoms. The summed E-state index contributed by atoms with van der Waals surface area (Å²) in [5.41, 5.74) is 3.16. The highest BCUT2D eigenvalue weighted by Crippen LogP contribution is 2.20. The van der Waals surface area contributed by atoms with Crippen molar-refractivity contribution in [2.75, 3.05) is 13.7 Å². The Balaban J connectivity index is 1.53. The van der Waals surface area contributed by atoms with Crippen LogP contribution in [0.3, 0.4) is 0 Å². The summed E-state index contributed by atoms with van der Waals surface area (Å²) in [7, 11) is 1.45. The van der Waals surface area contributed by atoms with Gasteiger partial charge in [-0.2, -0.15) is 11.2 Å². The summed E-state index contributed by atoms with van der Waals surface area (Å²) in [4.78, 5) is 20.1. The van der Waals surface area contributed by atoms with Crippen LogP contribution in [-0.2, 0) is 27.5 Å². The molecule has 2 N–H and O–H groups in total. The van der Waals surface area contributed by atoms with Gasteiger partial charge < -0.3 is 19.1 Å². The standard InChI is InChI=1S/C26H24FN3O5/c1-32-30-25(21-6-2-18(15-28)3-7-21)17-34-22-10-4-19(5-11-22)16-33-23-12-8-20(24(27)14-23)9-13-26(31)35-29/h2-8,10-12,14H,9,13,16-17,29H2,1H3/b30-25+. The van der Waals surface area contributed by atoms with Gasteiger partial charge in [0, 0.05) is 11.6 Å². The second-order valence-corrected chi connectivity index (χ2v) is 7.37. The molecule has 0 saturated heterocycles. The van der Waals surface area contributed by atoms with Gasteiger partial charge in [0.15, 0.2) is 0 Å². The number of carbonyl (C=O) groups is 1. The van der Waals surface area contributed by atoms with Crippen molar-refractivity contribution in [1.82, 2.24) is 0 Å². The van der Waals surface area contributed by atoms with Crippen molar-refractivity contribution in [2.45, 2.75) is 19.4 Å². The first kappa shape index (κ1) is 25.2. The van der Waals surface area contributed by atoms with Gasteiger partial charge in [0.25, 0.3) is 0 Å². The minimum absolute atomic E-state index is 0.00562. The predicted molar refractivity (Wildman–Crippen MR) is 126 cm³/mol. The molecule has 0 saturated carbocycles. The highest BCUT2D eigenvalue weighted by Gasteiger charge is 2.09. The van der Waals surface area contributed by atoms with Gasteiger partial charge in [-0.1, -0.05) is 35.5 Å². The Morgan fingerprint density at radius 3 is 2.37 bits per heavy atom. The third-order valence-corrected chi connectivity index (χ3v) is 5.01. The fourth-order valence-corrected chi connectivity index (χ4v) is 3.13. The molecule has 0 spiro atoms. The quantitative estimate of drug-likeness (QED) is 0.327. The highest BCUT2D eigenvalue weighted by molar-refractivity contribution is 6.01. The number of benzene rings is 3. The fourth-order valence-electron chi connectivity index (χ4n) is 3.13. The predicted octanol–water partition coefficient (Wildman–Crippen LogP) is 4.06. The first-order chi connectivity index (χ1) is 17.0. The van der Waals surface area contributed by atoms with Crippen LogP contribution >= 0.6 is 0 Å². The smallest absolute Gasteiger partial charge is 0.324 e. The Hall–Kier alpha value is -4.42. The number of ether oxygens (including phenoxy) is 2. The zero-order valence-corrected chi connectivity index (χ0v) is 19.1. The molecule has 3 aromatic carbocycles. The van der Waals surface area contributed by atoms with Crippen LogP contribution < -0.4 is 15.4 Å². The minimum atomic E-state index is -0.603. The summed E-state index contributed by atoms with van der Waals surface area (Å²) in [5, 5.41) is 13.0. The molecule has 0 unspecified atom stereocenters. The van der Waals surface area contributed by atoms with Gasteiger partial charge in [0.2, 0.25) is 0 Å². The summed E-state index contributed by atoms with van der Waals surface area (Å²) in [6.07, 6.45) is 0.180. The maximum atomic E-state index is 14.2. The highest BCUT2D eigenvalue weighted by atomic mass is 19.1. The van der Waals surface area contributed by atoms with Crippen LogP contribution in [0.4, 0.5) is 4.39 Å². The maximum Gasteiger partial charge on any atom is 0.324 e. The zero-order valence-electron chi connectivity index (χ0n) is 19.1. The minimum Gasteiger partial charge on any atom is -0.489 e. The number of hydrogen-bond donors (Lipinski definition) is 1. The van der Waals surface area contributed by atoms with Crippen molar-refractivity contribution in [2.24, 2.45) is 11.1 Å². The number of nitrogens with two attached hydrogens (primary N) is 1. The number of carbonyl (C=O) groups excluding carboxylic acids is 1. The third-order valence-electron chi connectivity index (χ3n) is 5.01.